The molecule has 2 aromatic rings. The third kappa shape index (κ3) is 6.72. The van der Waals surface area contributed by atoms with Crippen molar-refractivity contribution in [3.8, 4) is 5.75 Å². The Morgan fingerprint density at radius 2 is 1.73 bits per heavy atom. The minimum absolute atomic E-state index is 0.00741. The Bertz CT molecular complexity index is 1050. The molecule has 3 aliphatic rings. The molecule has 0 bridgehead atoms. The SMILES string of the molecule is O=C(NC(CN1CCCC1)C(O)c1ccc(OC2CCCC2)c(Cl)c1)[C@@H]1CCN(c2ccc(Cl)cc2)C1. The molecular weight excluding hydrogens is 509 g/mol. The fraction of sp³-hybridized carbons (Fsp3) is 0.552. The van der Waals surface area contributed by atoms with Gasteiger partial charge in [0.05, 0.1) is 23.1 Å². The average molecular weight is 547 g/mol. The van der Waals surface area contributed by atoms with E-state index in [0.29, 0.717) is 34.4 Å². The lowest BCUT2D eigenvalue weighted by Gasteiger charge is -2.30. The minimum Gasteiger partial charge on any atom is -0.489 e. The molecule has 0 radical (unpaired) electrons. The second kappa shape index (κ2) is 12.2. The number of hydrogen-bond acceptors (Lipinski definition) is 5. The lowest BCUT2D eigenvalue weighted by Crippen LogP contribution is -2.48. The molecule has 2 heterocycles. The summed E-state index contributed by atoms with van der Waals surface area (Å²) in [6, 6.07) is 12.8. The third-order valence-electron chi connectivity index (χ3n) is 8.01. The molecule has 1 aliphatic carbocycles. The first-order chi connectivity index (χ1) is 18.0. The van der Waals surface area contributed by atoms with Crippen LogP contribution in [0.4, 0.5) is 5.69 Å². The molecule has 2 saturated heterocycles. The van der Waals surface area contributed by atoms with Gasteiger partial charge in [0, 0.05) is 30.3 Å². The summed E-state index contributed by atoms with van der Waals surface area (Å²) in [5.74, 6) is 0.527. The van der Waals surface area contributed by atoms with Crippen molar-refractivity contribution in [1.82, 2.24) is 10.2 Å². The molecule has 3 atom stereocenters. The second-order valence-electron chi connectivity index (χ2n) is 10.7. The zero-order chi connectivity index (χ0) is 25.8. The Labute approximate surface area is 229 Å². The first-order valence-electron chi connectivity index (χ1n) is 13.6. The van der Waals surface area contributed by atoms with Crippen LogP contribution in [0.15, 0.2) is 42.5 Å². The van der Waals surface area contributed by atoms with Crippen LogP contribution < -0.4 is 15.0 Å². The van der Waals surface area contributed by atoms with Crippen molar-refractivity contribution in [1.29, 1.82) is 0 Å². The van der Waals surface area contributed by atoms with E-state index in [1.165, 1.54) is 12.8 Å². The van der Waals surface area contributed by atoms with Gasteiger partial charge in [-0.3, -0.25) is 4.79 Å². The predicted octanol–water partition coefficient (Wildman–Crippen LogP) is 5.46. The second-order valence-corrected chi connectivity index (χ2v) is 11.5. The van der Waals surface area contributed by atoms with Gasteiger partial charge in [0.15, 0.2) is 0 Å². The van der Waals surface area contributed by atoms with Crippen LogP contribution >= 0.6 is 23.2 Å². The Hall–Kier alpha value is -1.99. The van der Waals surface area contributed by atoms with Gasteiger partial charge in [-0.1, -0.05) is 29.3 Å². The van der Waals surface area contributed by atoms with Crippen LogP contribution in [-0.4, -0.2) is 60.8 Å². The fourth-order valence-corrected chi connectivity index (χ4v) is 6.20. The number of benzene rings is 2. The van der Waals surface area contributed by atoms with Gasteiger partial charge in [0.2, 0.25) is 5.91 Å². The van der Waals surface area contributed by atoms with E-state index in [4.69, 9.17) is 27.9 Å². The number of carbonyl (C=O) groups excluding carboxylic acids is 1. The van der Waals surface area contributed by atoms with Gasteiger partial charge in [-0.25, -0.2) is 0 Å². The summed E-state index contributed by atoms with van der Waals surface area (Å²) >= 11 is 12.6. The monoisotopic (exact) mass is 545 g/mol. The largest absolute Gasteiger partial charge is 0.489 e. The number of aliphatic hydroxyl groups excluding tert-OH is 1. The van der Waals surface area contributed by atoms with E-state index in [-0.39, 0.29) is 17.9 Å². The first kappa shape index (κ1) is 26.6. The van der Waals surface area contributed by atoms with Gasteiger partial charge in [0.25, 0.3) is 0 Å². The third-order valence-corrected chi connectivity index (χ3v) is 8.55. The van der Waals surface area contributed by atoms with Gasteiger partial charge in [-0.15, -0.1) is 0 Å². The number of aliphatic hydroxyl groups is 1. The number of halogens is 2. The van der Waals surface area contributed by atoms with E-state index in [0.717, 1.165) is 57.4 Å². The highest BCUT2D eigenvalue weighted by Gasteiger charge is 2.33. The lowest BCUT2D eigenvalue weighted by atomic mass is 10.00. The predicted molar refractivity (Wildman–Crippen MR) is 149 cm³/mol. The summed E-state index contributed by atoms with van der Waals surface area (Å²) in [4.78, 5) is 17.9. The Morgan fingerprint density at radius 3 is 2.43 bits per heavy atom. The quantitative estimate of drug-likeness (QED) is 0.438. The number of rotatable bonds is 9. The molecule has 200 valence electrons. The Morgan fingerprint density at radius 1 is 1.00 bits per heavy atom. The van der Waals surface area contributed by atoms with Crippen molar-refractivity contribution in [2.45, 2.75) is 63.2 Å². The maximum Gasteiger partial charge on any atom is 0.225 e. The smallest absolute Gasteiger partial charge is 0.225 e. The van der Waals surface area contributed by atoms with Crippen LogP contribution in [0, 0.1) is 5.92 Å². The molecule has 2 aliphatic heterocycles. The van der Waals surface area contributed by atoms with Crippen LogP contribution in [0.3, 0.4) is 0 Å². The van der Waals surface area contributed by atoms with E-state index in [9.17, 15) is 9.90 Å². The maximum absolute atomic E-state index is 13.4. The zero-order valence-electron chi connectivity index (χ0n) is 21.3. The highest BCUT2D eigenvalue weighted by atomic mass is 35.5. The van der Waals surface area contributed by atoms with Gasteiger partial charge in [0.1, 0.15) is 11.9 Å². The number of carbonyl (C=O) groups is 1. The van der Waals surface area contributed by atoms with Crippen molar-refractivity contribution in [2.75, 3.05) is 37.6 Å². The number of anilines is 1. The number of nitrogens with zero attached hydrogens (tertiary/aromatic N) is 2. The van der Waals surface area contributed by atoms with Crippen molar-refractivity contribution in [2.24, 2.45) is 5.92 Å². The topological polar surface area (TPSA) is 65.0 Å². The minimum atomic E-state index is -0.864. The number of ether oxygens (including phenoxy) is 1. The molecule has 2 aromatic carbocycles. The van der Waals surface area contributed by atoms with Crippen molar-refractivity contribution in [3.63, 3.8) is 0 Å². The van der Waals surface area contributed by atoms with E-state index in [2.05, 4.69) is 15.1 Å². The van der Waals surface area contributed by atoms with Gasteiger partial charge < -0.3 is 25.0 Å². The van der Waals surface area contributed by atoms with E-state index in [1.54, 1.807) is 6.07 Å². The number of amides is 1. The molecule has 5 rings (SSSR count). The van der Waals surface area contributed by atoms with E-state index < -0.39 is 12.1 Å². The molecule has 37 heavy (non-hydrogen) atoms. The van der Waals surface area contributed by atoms with Crippen molar-refractivity contribution < 1.29 is 14.6 Å². The molecule has 2 unspecified atom stereocenters. The number of nitrogens with one attached hydrogen (secondary N) is 1. The first-order valence-corrected chi connectivity index (χ1v) is 14.4. The summed E-state index contributed by atoms with van der Waals surface area (Å²) < 4.78 is 6.09. The number of hydrogen-bond donors (Lipinski definition) is 2. The van der Waals surface area contributed by atoms with E-state index in [1.807, 2.05) is 36.4 Å². The van der Waals surface area contributed by atoms with Crippen molar-refractivity contribution in [3.05, 3.63) is 58.1 Å². The molecule has 6 nitrogen and oxygen atoms in total. The summed E-state index contributed by atoms with van der Waals surface area (Å²) in [7, 11) is 0. The molecule has 1 amide bonds. The van der Waals surface area contributed by atoms with Crippen LogP contribution in [0.2, 0.25) is 10.0 Å². The van der Waals surface area contributed by atoms with Crippen LogP contribution in [0.1, 0.15) is 56.6 Å². The molecule has 3 fully saturated rings. The normalized spacial score (nSPS) is 22.4. The maximum atomic E-state index is 13.4. The zero-order valence-corrected chi connectivity index (χ0v) is 22.8. The van der Waals surface area contributed by atoms with Crippen LogP contribution in [0.5, 0.6) is 5.75 Å². The standard InChI is InChI=1S/C29H37Cl2N3O3/c30-22-8-10-23(11-9-22)34-16-13-21(18-34)29(36)32-26(19-33-14-3-4-15-33)28(35)20-7-12-27(25(31)17-20)37-24-5-1-2-6-24/h7-12,17,21,24,26,28,35H,1-6,13-16,18-19H2,(H,32,36)/t21-,26?,28?/m1/s1. The molecule has 0 aromatic heterocycles. The van der Waals surface area contributed by atoms with Gasteiger partial charge in [-0.05, 0) is 100.0 Å². The Balaban J connectivity index is 1.25. The van der Waals surface area contributed by atoms with Crippen molar-refractivity contribution >= 4 is 34.8 Å². The van der Waals surface area contributed by atoms with E-state index >= 15 is 0 Å². The molecule has 8 heteroatoms. The average Bonchev–Trinajstić information content (AvgIpc) is 3.68. The number of likely N-dealkylation sites (tertiary alicyclic amines) is 1. The summed E-state index contributed by atoms with van der Waals surface area (Å²) in [6.45, 7) is 4.05. The molecule has 2 N–H and O–H groups in total. The van der Waals surface area contributed by atoms with Gasteiger partial charge in [-0.2, -0.15) is 0 Å². The summed E-state index contributed by atoms with van der Waals surface area (Å²) in [5.41, 5.74) is 1.77. The molecular formula is C29H37Cl2N3O3. The van der Waals surface area contributed by atoms with Crippen LogP contribution in [-0.2, 0) is 4.79 Å². The summed E-state index contributed by atoms with van der Waals surface area (Å²) in [5, 5.41) is 15.8. The fourth-order valence-electron chi connectivity index (χ4n) is 5.84. The van der Waals surface area contributed by atoms with Gasteiger partial charge >= 0.3 is 0 Å². The summed E-state index contributed by atoms with van der Waals surface area (Å²) in [6.07, 6.45) is 6.92. The molecule has 1 saturated carbocycles. The highest BCUT2D eigenvalue weighted by Crippen LogP contribution is 2.33. The lowest BCUT2D eigenvalue weighted by molar-refractivity contribution is -0.126. The highest BCUT2D eigenvalue weighted by molar-refractivity contribution is 6.32. The molecule has 0 spiro atoms. The van der Waals surface area contributed by atoms with Crippen LogP contribution in [0.25, 0.3) is 0 Å². The Kier molecular flexibility index (Phi) is 8.81.